The predicted molar refractivity (Wildman–Crippen MR) is 144 cm³/mol. The molecule has 2 atom stereocenters. The normalized spacial score (nSPS) is 18.1. The Hall–Kier alpha value is -4.31. The van der Waals surface area contributed by atoms with Crippen LogP contribution in [0.2, 0.25) is 5.02 Å². The second kappa shape index (κ2) is 11.4. The highest BCUT2D eigenvalue weighted by Gasteiger charge is 2.21. The number of imidazole rings is 1. The molecule has 2 unspecified atom stereocenters. The minimum atomic E-state index is -0.331. The van der Waals surface area contributed by atoms with Crippen molar-refractivity contribution in [2.24, 2.45) is 5.92 Å². The molecule has 0 saturated heterocycles. The van der Waals surface area contributed by atoms with Gasteiger partial charge in [0, 0.05) is 28.6 Å². The van der Waals surface area contributed by atoms with Crippen molar-refractivity contribution in [1.82, 2.24) is 35.5 Å². The third-order valence-electron chi connectivity index (χ3n) is 6.46. The molecule has 0 aliphatic carbocycles. The number of halogens is 1. The van der Waals surface area contributed by atoms with Crippen molar-refractivity contribution in [3.8, 4) is 16.9 Å². The molecule has 11 heteroatoms. The first kappa shape index (κ1) is 25.3. The van der Waals surface area contributed by atoms with E-state index in [4.69, 9.17) is 11.6 Å². The zero-order valence-electron chi connectivity index (χ0n) is 20.8. The van der Waals surface area contributed by atoms with E-state index in [1.54, 1.807) is 30.5 Å². The molecule has 0 spiro atoms. The molecule has 2 amide bonds. The van der Waals surface area contributed by atoms with E-state index in [2.05, 4.69) is 43.1 Å². The largest absolute Gasteiger partial charge is 0.343 e. The Morgan fingerprint density at radius 1 is 1.21 bits per heavy atom. The molecule has 3 N–H and O–H groups in total. The van der Waals surface area contributed by atoms with Gasteiger partial charge in [0.05, 0.1) is 29.3 Å². The molecule has 2 aromatic heterocycles. The average molecular weight is 531 g/mol. The van der Waals surface area contributed by atoms with Crippen LogP contribution in [0.4, 0.5) is 5.69 Å². The van der Waals surface area contributed by atoms with E-state index in [-0.39, 0.29) is 23.8 Å². The molecule has 10 nitrogen and oxygen atoms in total. The van der Waals surface area contributed by atoms with Gasteiger partial charge in [-0.05, 0) is 53.1 Å². The molecule has 0 saturated carbocycles. The maximum absolute atomic E-state index is 13.0. The summed E-state index contributed by atoms with van der Waals surface area (Å²) in [7, 11) is 0. The zero-order chi connectivity index (χ0) is 26.5. The number of para-hydroxylation sites is 1. The quantitative estimate of drug-likeness (QED) is 0.327. The lowest BCUT2D eigenvalue weighted by Gasteiger charge is -2.17. The van der Waals surface area contributed by atoms with Gasteiger partial charge in [0.2, 0.25) is 11.8 Å². The van der Waals surface area contributed by atoms with Gasteiger partial charge in [-0.2, -0.15) is 4.68 Å². The molecule has 1 aliphatic rings. The van der Waals surface area contributed by atoms with Gasteiger partial charge in [-0.15, -0.1) is 5.10 Å². The Morgan fingerprint density at radius 2 is 2.08 bits per heavy atom. The summed E-state index contributed by atoms with van der Waals surface area (Å²) in [4.78, 5) is 33.6. The molecular formula is C27H27ClN8O2. The summed E-state index contributed by atoms with van der Waals surface area (Å²) < 4.78 is 1.51. The summed E-state index contributed by atoms with van der Waals surface area (Å²) in [6, 6.07) is 12.5. The Bertz CT molecular complexity index is 1460. The number of benzene rings is 2. The number of hydrogen-bond donors (Lipinski definition) is 3. The van der Waals surface area contributed by atoms with Gasteiger partial charge < -0.3 is 15.6 Å². The van der Waals surface area contributed by atoms with Gasteiger partial charge in [0.25, 0.3) is 0 Å². The summed E-state index contributed by atoms with van der Waals surface area (Å²) in [5.74, 6) is 0.580. The van der Waals surface area contributed by atoms with Crippen LogP contribution in [0.1, 0.15) is 50.0 Å². The topological polar surface area (TPSA) is 130 Å². The first-order valence-corrected chi connectivity index (χ1v) is 12.8. The van der Waals surface area contributed by atoms with Gasteiger partial charge in [-0.25, -0.2) is 4.98 Å². The average Bonchev–Trinajstić information content (AvgIpc) is 3.60. The Balaban J connectivity index is 1.39. The molecule has 3 heterocycles. The Kier molecular flexibility index (Phi) is 7.60. The minimum absolute atomic E-state index is 0.0130. The van der Waals surface area contributed by atoms with E-state index in [9.17, 15) is 9.59 Å². The number of aromatic nitrogens is 6. The number of hydrogen-bond acceptors (Lipinski definition) is 6. The lowest BCUT2D eigenvalue weighted by Crippen LogP contribution is -2.28. The summed E-state index contributed by atoms with van der Waals surface area (Å²) >= 11 is 6.20. The van der Waals surface area contributed by atoms with Crippen LogP contribution in [0, 0.1) is 5.92 Å². The fraction of sp³-hybridized carbons (Fsp3) is 0.259. The fourth-order valence-corrected chi connectivity index (χ4v) is 4.75. The maximum Gasteiger partial charge on any atom is 0.244 e. The van der Waals surface area contributed by atoms with Gasteiger partial charge in [-0.3, -0.25) is 9.59 Å². The number of rotatable bonds is 4. The van der Waals surface area contributed by atoms with Crippen molar-refractivity contribution in [3.63, 3.8) is 0 Å². The summed E-state index contributed by atoms with van der Waals surface area (Å²) in [5.41, 5.74) is 3.72. The number of aromatic amines is 1. The first-order chi connectivity index (χ1) is 18.5. The number of nitrogens with one attached hydrogen (secondary N) is 3. The maximum atomic E-state index is 13.0. The summed E-state index contributed by atoms with van der Waals surface area (Å²) in [5, 5.41) is 17.9. The van der Waals surface area contributed by atoms with E-state index in [1.165, 1.54) is 17.1 Å². The van der Waals surface area contributed by atoms with Crippen molar-refractivity contribution in [2.45, 2.75) is 38.6 Å². The van der Waals surface area contributed by atoms with Gasteiger partial charge in [0.1, 0.15) is 12.2 Å². The van der Waals surface area contributed by atoms with Crippen LogP contribution in [0.15, 0.2) is 61.1 Å². The van der Waals surface area contributed by atoms with Gasteiger partial charge >= 0.3 is 0 Å². The van der Waals surface area contributed by atoms with Crippen molar-refractivity contribution in [2.75, 3.05) is 5.32 Å². The number of anilines is 1. The number of tetrazole rings is 1. The minimum Gasteiger partial charge on any atom is -0.343 e. The van der Waals surface area contributed by atoms with Crippen LogP contribution in [-0.2, 0) is 9.59 Å². The van der Waals surface area contributed by atoms with Crippen LogP contribution < -0.4 is 10.6 Å². The summed E-state index contributed by atoms with van der Waals surface area (Å²) in [6.45, 7) is 2.07. The van der Waals surface area contributed by atoms with Crippen LogP contribution >= 0.6 is 11.6 Å². The molecular weight excluding hydrogens is 504 g/mol. The van der Waals surface area contributed by atoms with Crippen molar-refractivity contribution in [1.29, 1.82) is 0 Å². The van der Waals surface area contributed by atoms with Crippen molar-refractivity contribution in [3.05, 3.63) is 77.5 Å². The second-order valence-corrected chi connectivity index (χ2v) is 9.80. The van der Waals surface area contributed by atoms with Crippen molar-refractivity contribution < 1.29 is 9.59 Å². The number of carbonyl (C=O) groups is 2. The van der Waals surface area contributed by atoms with E-state index in [0.717, 1.165) is 29.8 Å². The number of carbonyl (C=O) groups excluding carboxylic acids is 2. The molecule has 194 valence electrons. The van der Waals surface area contributed by atoms with Gasteiger partial charge in [-0.1, -0.05) is 49.6 Å². The predicted octanol–water partition coefficient (Wildman–Crippen LogP) is 4.73. The molecule has 4 aromatic rings. The smallest absolute Gasteiger partial charge is 0.244 e. The lowest BCUT2D eigenvalue weighted by molar-refractivity contribution is -0.117. The third kappa shape index (κ3) is 5.97. The molecule has 0 fully saturated rings. The lowest BCUT2D eigenvalue weighted by atomic mass is 9.98. The number of amides is 2. The van der Waals surface area contributed by atoms with Crippen LogP contribution in [0.25, 0.3) is 23.0 Å². The first-order valence-electron chi connectivity index (χ1n) is 12.4. The standard InChI is InChI=1S/C27H27ClN8O2/c1-17-5-4-8-22(27-29-15-23(33-27)20-6-2-3-7-21(20)31-26(38)13-17)32-25(37)12-9-18-14-19(28)10-11-24(18)36-16-30-34-35-36/h2-3,6-7,9-12,14-17,22H,4-5,8,13H2,1H3,(H,29,33)(H,31,38)(H,32,37). The van der Waals surface area contributed by atoms with Crippen molar-refractivity contribution >= 4 is 35.2 Å². The molecule has 2 aromatic carbocycles. The van der Waals surface area contributed by atoms with E-state index < -0.39 is 0 Å². The summed E-state index contributed by atoms with van der Waals surface area (Å²) in [6.07, 6.45) is 9.13. The highest BCUT2D eigenvalue weighted by Crippen LogP contribution is 2.30. The van der Waals surface area contributed by atoms with Crippen LogP contribution in [0.5, 0.6) is 0 Å². The fourth-order valence-electron chi connectivity index (χ4n) is 4.57. The van der Waals surface area contributed by atoms with Crippen LogP contribution in [0.3, 0.4) is 0 Å². The van der Waals surface area contributed by atoms with E-state index in [1.807, 2.05) is 24.3 Å². The number of nitrogens with zero attached hydrogens (tertiary/aromatic N) is 5. The third-order valence-corrected chi connectivity index (χ3v) is 6.69. The number of fused-ring (bicyclic) bond motifs is 4. The Labute approximate surface area is 224 Å². The monoisotopic (exact) mass is 530 g/mol. The highest BCUT2D eigenvalue weighted by molar-refractivity contribution is 6.30. The van der Waals surface area contributed by atoms with E-state index >= 15 is 0 Å². The molecule has 38 heavy (non-hydrogen) atoms. The molecule has 1 aliphatic heterocycles. The van der Waals surface area contributed by atoms with E-state index in [0.29, 0.717) is 34.9 Å². The second-order valence-electron chi connectivity index (χ2n) is 9.37. The molecule has 2 bridgehead atoms. The molecule has 0 radical (unpaired) electrons. The SMILES string of the molecule is CC1CCCC(NC(=O)C=Cc2cc(Cl)ccc2-n2cnnn2)c2ncc([nH]2)-c2ccccc2NC(=O)C1. The molecule has 5 rings (SSSR count). The zero-order valence-corrected chi connectivity index (χ0v) is 21.5. The number of H-pyrrole nitrogens is 1. The highest BCUT2D eigenvalue weighted by atomic mass is 35.5. The van der Waals surface area contributed by atoms with Gasteiger partial charge in [0.15, 0.2) is 0 Å². The van der Waals surface area contributed by atoms with Crippen LogP contribution in [-0.4, -0.2) is 42.0 Å². The Morgan fingerprint density at radius 3 is 2.92 bits per heavy atom.